The van der Waals surface area contributed by atoms with Gasteiger partial charge in [-0.05, 0) is 31.7 Å². The van der Waals surface area contributed by atoms with E-state index < -0.39 is 0 Å². The second kappa shape index (κ2) is 5.21. The van der Waals surface area contributed by atoms with Crippen molar-refractivity contribution in [3.05, 3.63) is 0 Å². The first kappa shape index (κ1) is 10.5. The molecule has 1 saturated carbocycles. The number of rotatable bonds is 4. The minimum absolute atomic E-state index is 0.231. The van der Waals surface area contributed by atoms with Crippen LogP contribution in [0.2, 0.25) is 0 Å². The number of nitriles is 1. The van der Waals surface area contributed by atoms with Crippen molar-refractivity contribution < 1.29 is 4.74 Å². The van der Waals surface area contributed by atoms with E-state index in [1.54, 1.807) is 0 Å². The van der Waals surface area contributed by atoms with Crippen molar-refractivity contribution in [1.29, 1.82) is 5.26 Å². The maximum absolute atomic E-state index is 8.74. The van der Waals surface area contributed by atoms with Crippen molar-refractivity contribution in [2.45, 2.75) is 44.8 Å². The van der Waals surface area contributed by atoms with Gasteiger partial charge >= 0.3 is 0 Å². The third-order valence-corrected chi connectivity index (χ3v) is 2.75. The molecule has 3 unspecified atom stereocenters. The molecular weight excluding hydrogens is 164 g/mol. The van der Waals surface area contributed by atoms with Crippen molar-refractivity contribution in [3.8, 4) is 6.07 Å². The fraction of sp³-hybridized carbons (Fsp3) is 0.900. The van der Waals surface area contributed by atoms with Gasteiger partial charge in [0.15, 0.2) is 0 Å². The van der Waals surface area contributed by atoms with Crippen molar-refractivity contribution >= 4 is 0 Å². The number of nitrogens with two attached hydrogens (primary N) is 1. The highest BCUT2D eigenvalue weighted by atomic mass is 16.5. The quantitative estimate of drug-likeness (QED) is 0.715. The van der Waals surface area contributed by atoms with Gasteiger partial charge < -0.3 is 10.5 Å². The molecule has 0 aromatic carbocycles. The van der Waals surface area contributed by atoms with Crippen LogP contribution in [0.3, 0.4) is 0 Å². The smallest absolute Gasteiger partial charge is 0.144 e. The molecule has 3 nitrogen and oxygen atoms in total. The fourth-order valence-electron chi connectivity index (χ4n) is 1.88. The van der Waals surface area contributed by atoms with E-state index in [-0.39, 0.29) is 12.2 Å². The number of hydrogen-bond acceptors (Lipinski definition) is 3. The summed E-state index contributed by atoms with van der Waals surface area (Å²) in [4.78, 5) is 0. The van der Waals surface area contributed by atoms with Crippen LogP contribution in [0, 0.1) is 17.2 Å². The van der Waals surface area contributed by atoms with Crippen molar-refractivity contribution in [1.82, 2.24) is 0 Å². The molecule has 0 saturated heterocycles. The first-order chi connectivity index (χ1) is 6.31. The molecule has 0 heterocycles. The van der Waals surface area contributed by atoms with E-state index in [9.17, 15) is 0 Å². The van der Waals surface area contributed by atoms with Crippen molar-refractivity contribution in [2.24, 2.45) is 11.7 Å². The van der Waals surface area contributed by atoms with E-state index in [4.69, 9.17) is 15.7 Å². The van der Waals surface area contributed by atoms with Gasteiger partial charge in [0.25, 0.3) is 0 Å². The maximum atomic E-state index is 8.74. The zero-order chi connectivity index (χ0) is 9.68. The zero-order valence-electron chi connectivity index (χ0n) is 8.20. The molecule has 3 atom stereocenters. The monoisotopic (exact) mass is 182 g/mol. The number of nitrogens with zero attached hydrogens (tertiary/aromatic N) is 1. The highest BCUT2D eigenvalue weighted by Gasteiger charge is 2.28. The van der Waals surface area contributed by atoms with Crippen LogP contribution in [0.4, 0.5) is 0 Å². The lowest BCUT2D eigenvalue weighted by Gasteiger charge is -2.20. The van der Waals surface area contributed by atoms with Gasteiger partial charge in [-0.25, -0.2) is 0 Å². The molecule has 0 amide bonds. The van der Waals surface area contributed by atoms with E-state index >= 15 is 0 Å². The summed E-state index contributed by atoms with van der Waals surface area (Å²) >= 11 is 0. The topological polar surface area (TPSA) is 59.0 Å². The molecule has 0 aromatic heterocycles. The molecule has 1 aliphatic rings. The Bertz CT molecular complexity index is 188. The largest absolute Gasteiger partial charge is 0.360 e. The number of ether oxygens (including phenoxy) is 1. The van der Waals surface area contributed by atoms with E-state index in [1.807, 2.05) is 6.92 Å². The molecule has 0 aromatic rings. The lowest BCUT2D eigenvalue weighted by molar-refractivity contribution is -0.00398. The van der Waals surface area contributed by atoms with Gasteiger partial charge in [-0.2, -0.15) is 5.26 Å². The van der Waals surface area contributed by atoms with Crippen LogP contribution in [-0.2, 0) is 4.74 Å². The predicted molar refractivity (Wildman–Crippen MR) is 51.0 cm³/mol. The third-order valence-electron chi connectivity index (χ3n) is 2.75. The normalized spacial score (nSPS) is 29.9. The molecule has 74 valence electrons. The van der Waals surface area contributed by atoms with Gasteiger partial charge in [0.1, 0.15) is 6.10 Å². The van der Waals surface area contributed by atoms with Gasteiger partial charge in [-0.1, -0.05) is 13.3 Å². The van der Waals surface area contributed by atoms with Crippen LogP contribution in [-0.4, -0.2) is 18.8 Å². The minimum atomic E-state index is -0.239. The lowest BCUT2D eigenvalue weighted by atomic mass is 10.1. The zero-order valence-corrected chi connectivity index (χ0v) is 8.20. The Morgan fingerprint density at radius 1 is 1.62 bits per heavy atom. The Hall–Kier alpha value is -0.590. The Labute approximate surface area is 79.9 Å². The highest BCUT2D eigenvalue weighted by Crippen LogP contribution is 2.28. The molecule has 0 radical (unpaired) electrons. The van der Waals surface area contributed by atoms with Gasteiger partial charge in [0.2, 0.25) is 0 Å². The summed E-state index contributed by atoms with van der Waals surface area (Å²) in [6.07, 6.45) is 4.17. The highest BCUT2D eigenvalue weighted by molar-refractivity contribution is 4.87. The molecule has 0 bridgehead atoms. The van der Waals surface area contributed by atoms with E-state index in [1.165, 1.54) is 6.42 Å². The summed E-state index contributed by atoms with van der Waals surface area (Å²) in [5.41, 5.74) is 5.62. The van der Waals surface area contributed by atoms with Crippen LogP contribution in [0.5, 0.6) is 0 Å². The molecule has 3 heteroatoms. The van der Waals surface area contributed by atoms with Crippen LogP contribution >= 0.6 is 0 Å². The molecular formula is C10H18N2O. The standard InChI is InChI=1S/C10H18N2O/c1-2-9(7-12)13-10-5-3-4-8(10)6-11/h8-10H,2-6,11H2,1H3. The molecule has 2 N–H and O–H groups in total. The summed E-state index contributed by atoms with van der Waals surface area (Å²) in [6.45, 7) is 2.66. The molecule has 1 aliphatic carbocycles. The SMILES string of the molecule is CCC(C#N)OC1CCCC1CN. The van der Waals surface area contributed by atoms with Gasteiger partial charge in [-0.3, -0.25) is 0 Å². The summed E-state index contributed by atoms with van der Waals surface area (Å²) in [5.74, 6) is 0.474. The van der Waals surface area contributed by atoms with Crippen molar-refractivity contribution in [2.75, 3.05) is 6.54 Å². The predicted octanol–water partition coefficient (Wildman–Crippen LogP) is 1.43. The summed E-state index contributed by atoms with van der Waals surface area (Å²) in [5, 5.41) is 8.74. The number of hydrogen-bond donors (Lipinski definition) is 1. The van der Waals surface area contributed by atoms with E-state index in [2.05, 4.69) is 6.07 Å². The van der Waals surface area contributed by atoms with Crippen LogP contribution in [0.15, 0.2) is 0 Å². The molecule has 1 fully saturated rings. The maximum Gasteiger partial charge on any atom is 0.144 e. The Kier molecular flexibility index (Phi) is 4.20. The Balaban J connectivity index is 2.39. The average Bonchev–Trinajstić information content (AvgIpc) is 2.61. The van der Waals surface area contributed by atoms with Crippen molar-refractivity contribution in [3.63, 3.8) is 0 Å². The van der Waals surface area contributed by atoms with E-state index in [0.29, 0.717) is 12.5 Å². The van der Waals surface area contributed by atoms with Crippen LogP contribution < -0.4 is 5.73 Å². The van der Waals surface area contributed by atoms with Crippen LogP contribution in [0.1, 0.15) is 32.6 Å². The Morgan fingerprint density at radius 3 is 2.92 bits per heavy atom. The van der Waals surface area contributed by atoms with Gasteiger partial charge in [0, 0.05) is 0 Å². The van der Waals surface area contributed by atoms with Gasteiger partial charge in [0.05, 0.1) is 12.2 Å². The second-order valence-electron chi connectivity index (χ2n) is 3.63. The first-order valence-corrected chi connectivity index (χ1v) is 5.07. The molecule has 1 rings (SSSR count). The lowest BCUT2D eigenvalue weighted by Crippen LogP contribution is -2.28. The summed E-state index contributed by atoms with van der Waals surface area (Å²) in [7, 11) is 0. The fourth-order valence-corrected chi connectivity index (χ4v) is 1.88. The average molecular weight is 182 g/mol. The Morgan fingerprint density at radius 2 is 2.38 bits per heavy atom. The van der Waals surface area contributed by atoms with Gasteiger partial charge in [-0.15, -0.1) is 0 Å². The molecule has 0 spiro atoms. The summed E-state index contributed by atoms with van der Waals surface area (Å²) < 4.78 is 5.67. The summed E-state index contributed by atoms with van der Waals surface area (Å²) in [6, 6.07) is 2.16. The first-order valence-electron chi connectivity index (χ1n) is 5.07. The second-order valence-corrected chi connectivity index (χ2v) is 3.63. The van der Waals surface area contributed by atoms with Crippen LogP contribution in [0.25, 0.3) is 0 Å². The minimum Gasteiger partial charge on any atom is -0.360 e. The molecule has 13 heavy (non-hydrogen) atoms. The third kappa shape index (κ3) is 2.68. The molecule has 0 aliphatic heterocycles. The van der Waals surface area contributed by atoms with E-state index in [0.717, 1.165) is 19.3 Å².